The number of aromatic nitrogens is 2. The average Bonchev–Trinajstić information content (AvgIpc) is 2.64. The van der Waals surface area contributed by atoms with Gasteiger partial charge in [0.1, 0.15) is 15.7 Å². The number of rotatable bonds is 5. The van der Waals surface area contributed by atoms with Crippen molar-refractivity contribution < 1.29 is 8.42 Å². The maximum atomic E-state index is 11.5. The molecule has 0 aliphatic carbocycles. The minimum Gasteiger partial charge on any atom is -0.399 e. The molecule has 1 heterocycles. The van der Waals surface area contributed by atoms with E-state index in [1.54, 1.807) is 0 Å². The van der Waals surface area contributed by atoms with Crippen molar-refractivity contribution in [2.45, 2.75) is 32.7 Å². The van der Waals surface area contributed by atoms with Crippen LogP contribution in [0, 0.1) is 0 Å². The van der Waals surface area contributed by atoms with Gasteiger partial charge in [0.25, 0.3) is 0 Å². The van der Waals surface area contributed by atoms with Crippen LogP contribution in [0.3, 0.4) is 0 Å². The molecular formula is C14H21N3O2S. The predicted molar refractivity (Wildman–Crippen MR) is 82.6 cm³/mol. The van der Waals surface area contributed by atoms with E-state index in [2.05, 4.69) is 11.9 Å². The summed E-state index contributed by atoms with van der Waals surface area (Å²) in [5, 5.41) is 0. The molecule has 2 N–H and O–H groups in total. The van der Waals surface area contributed by atoms with Crippen LogP contribution in [0.15, 0.2) is 18.2 Å². The lowest BCUT2D eigenvalue weighted by Crippen LogP contribution is -2.18. The molecule has 0 aliphatic rings. The van der Waals surface area contributed by atoms with Crippen molar-refractivity contribution in [2.75, 3.05) is 17.7 Å². The van der Waals surface area contributed by atoms with Gasteiger partial charge in [-0.3, -0.25) is 0 Å². The molecule has 5 nitrogen and oxygen atoms in total. The van der Waals surface area contributed by atoms with Crippen molar-refractivity contribution in [2.24, 2.45) is 0 Å². The Hall–Kier alpha value is -1.56. The molecule has 0 radical (unpaired) electrons. The van der Waals surface area contributed by atoms with E-state index in [1.807, 2.05) is 29.7 Å². The van der Waals surface area contributed by atoms with Gasteiger partial charge in [0.05, 0.1) is 16.8 Å². The highest BCUT2D eigenvalue weighted by Gasteiger charge is 2.19. The molecule has 1 aromatic heterocycles. The molecule has 1 unspecified atom stereocenters. The molecule has 0 aliphatic heterocycles. The number of nitrogens with two attached hydrogens (primary N) is 1. The maximum absolute atomic E-state index is 11.5. The fourth-order valence-electron chi connectivity index (χ4n) is 2.57. The molecule has 1 aromatic carbocycles. The van der Waals surface area contributed by atoms with Gasteiger partial charge >= 0.3 is 0 Å². The zero-order valence-electron chi connectivity index (χ0n) is 12.1. The van der Waals surface area contributed by atoms with Crippen LogP contribution in [0.1, 0.15) is 32.1 Å². The second-order valence-electron chi connectivity index (χ2n) is 5.34. The Morgan fingerprint density at radius 2 is 2.10 bits per heavy atom. The highest BCUT2D eigenvalue weighted by atomic mass is 32.2. The molecule has 0 spiro atoms. The van der Waals surface area contributed by atoms with E-state index in [-0.39, 0.29) is 11.8 Å². The van der Waals surface area contributed by atoms with Crippen LogP contribution in [-0.4, -0.2) is 30.0 Å². The number of sulfone groups is 1. The lowest BCUT2D eigenvalue weighted by atomic mass is 10.2. The zero-order chi connectivity index (χ0) is 14.9. The summed E-state index contributed by atoms with van der Waals surface area (Å²) >= 11 is 0. The van der Waals surface area contributed by atoms with Crippen LogP contribution in [0.25, 0.3) is 11.0 Å². The lowest BCUT2D eigenvalue weighted by molar-refractivity contribution is 0.553. The number of imidazole rings is 1. The number of nitrogens with zero attached hydrogens (tertiary/aromatic N) is 2. The smallest absolute Gasteiger partial charge is 0.149 e. The van der Waals surface area contributed by atoms with E-state index in [0.717, 1.165) is 29.7 Å². The van der Waals surface area contributed by atoms with E-state index in [0.29, 0.717) is 5.69 Å². The van der Waals surface area contributed by atoms with Crippen LogP contribution in [0.4, 0.5) is 5.69 Å². The second kappa shape index (κ2) is 5.44. The fourth-order valence-corrected chi connectivity index (χ4v) is 3.60. The van der Waals surface area contributed by atoms with Gasteiger partial charge in [0, 0.05) is 24.4 Å². The summed E-state index contributed by atoms with van der Waals surface area (Å²) in [6.45, 7) is 4.00. The van der Waals surface area contributed by atoms with E-state index in [4.69, 9.17) is 5.73 Å². The van der Waals surface area contributed by atoms with Crippen molar-refractivity contribution in [1.29, 1.82) is 0 Å². The largest absolute Gasteiger partial charge is 0.399 e. The second-order valence-corrected chi connectivity index (χ2v) is 7.52. The van der Waals surface area contributed by atoms with Gasteiger partial charge in [0.2, 0.25) is 0 Å². The molecule has 6 heteroatoms. The summed E-state index contributed by atoms with van der Waals surface area (Å²) in [6, 6.07) is 5.43. The summed E-state index contributed by atoms with van der Waals surface area (Å²) in [4.78, 5) is 4.60. The summed E-state index contributed by atoms with van der Waals surface area (Å²) in [5.74, 6) is 1.03. The Bertz CT molecular complexity index is 719. The first kappa shape index (κ1) is 14.8. The Kier molecular flexibility index (Phi) is 4.04. The van der Waals surface area contributed by atoms with Gasteiger partial charge in [-0.05, 0) is 31.5 Å². The molecule has 0 saturated carbocycles. The number of benzene rings is 1. The third-order valence-corrected chi connectivity index (χ3v) is 4.33. The minimum atomic E-state index is -3.03. The number of aryl methyl sites for hydroxylation is 1. The van der Waals surface area contributed by atoms with Crippen molar-refractivity contribution in [3.63, 3.8) is 0 Å². The van der Waals surface area contributed by atoms with E-state index >= 15 is 0 Å². The van der Waals surface area contributed by atoms with E-state index in [1.165, 1.54) is 6.26 Å². The molecule has 110 valence electrons. The molecule has 2 rings (SSSR count). The Labute approximate surface area is 119 Å². The summed E-state index contributed by atoms with van der Waals surface area (Å²) in [6.07, 6.45) is 3.05. The number of nitrogen functional groups attached to an aromatic ring is 1. The van der Waals surface area contributed by atoms with Crippen molar-refractivity contribution in [1.82, 2.24) is 9.55 Å². The summed E-state index contributed by atoms with van der Waals surface area (Å²) in [7, 11) is -3.03. The van der Waals surface area contributed by atoms with Crippen LogP contribution < -0.4 is 5.73 Å². The highest BCUT2D eigenvalue weighted by molar-refractivity contribution is 7.90. The van der Waals surface area contributed by atoms with Crippen molar-refractivity contribution in [3.05, 3.63) is 24.0 Å². The van der Waals surface area contributed by atoms with Crippen LogP contribution in [0.2, 0.25) is 0 Å². The topological polar surface area (TPSA) is 78.0 Å². The molecule has 0 bridgehead atoms. The Balaban J connectivity index is 2.56. The van der Waals surface area contributed by atoms with Crippen molar-refractivity contribution >= 4 is 26.6 Å². The molecule has 0 saturated heterocycles. The third kappa shape index (κ3) is 3.12. The quantitative estimate of drug-likeness (QED) is 0.858. The van der Waals surface area contributed by atoms with E-state index in [9.17, 15) is 8.42 Å². The monoisotopic (exact) mass is 295 g/mol. The molecule has 0 amide bonds. The van der Waals surface area contributed by atoms with E-state index < -0.39 is 9.84 Å². The molecule has 2 aromatic rings. The number of hydrogen-bond acceptors (Lipinski definition) is 4. The predicted octanol–water partition coefficient (Wildman–Crippen LogP) is 2.18. The maximum Gasteiger partial charge on any atom is 0.149 e. The Morgan fingerprint density at radius 3 is 2.70 bits per heavy atom. The van der Waals surface area contributed by atoms with Gasteiger partial charge < -0.3 is 10.3 Å². The Morgan fingerprint density at radius 1 is 1.40 bits per heavy atom. The first-order valence-electron chi connectivity index (χ1n) is 6.76. The SMILES string of the molecule is CCCc1nc2cc(N)ccc2n1C(C)CS(C)(=O)=O. The van der Waals surface area contributed by atoms with Crippen LogP contribution >= 0.6 is 0 Å². The molecule has 20 heavy (non-hydrogen) atoms. The molecule has 1 atom stereocenters. The zero-order valence-corrected chi connectivity index (χ0v) is 12.9. The van der Waals surface area contributed by atoms with Gasteiger partial charge in [-0.2, -0.15) is 0 Å². The van der Waals surface area contributed by atoms with Gasteiger partial charge in [-0.15, -0.1) is 0 Å². The third-order valence-electron chi connectivity index (χ3n) is 3.24. The van der Waals surface area contributed by atoms with Crippen molar-refractivity contribution in [3.8, 4) is 0 Å². The number of fused-ring (bicyclic) bond motifs is 1. The first-order valence-corrected chi connectivity index (χ1v) is 8.82. The number of hydrogen-bond donors (Lipinski definition) is 1. The average molecular weight is 295 g/mol. The summed E-state index contributed by atoms with van der Waals surface area (Å²) < 4.78 is 25.1. The molecule has 0 fully saturated rings. The van der Waals surface area contributed by atoms with Crippen LogP contribution in [0.5, 0.6) is 0 Å². The summed E-state index contributed by atoms with van der Waals surface area (Å²) in [5.41, 5.74) is 8.23. The normalized spacial score (nSPS) is 13.8. The fraction of sp³-hybridized carbons (Fsp3) is 0.500. The highest BCUT2D eigenvalue weighted by Crippen LogP contribution is 2.24. The minimum absolute atomic E-state index is 0.111. The first-order chi connectivity index (χ1) is 9.31. The van der Waals surface area contributed by atoms with Gasteiger partial charge in [0.15, 0.2) is 0 Å². The number of anilines is 1. The van der Waals surface area contributed by atoms with Gasteiger partial charge in [-0.1, -0.05) is 6.92 Å². The lowest BCUT2D eigenvalue weighted by Gasteiger charge is -2.16. The van der Waals surface area contributed by atoms with Gasteiger partial charge in [-0.25, -0.2) is 13.4 Å². The molecular weight excluding hydrogens is 274 g/mol. The standard InChI is InChI=1S/C14H21N3O2S/c1-4-5-14-16-12-8-11(15)6-7-13(12)17(14)10(2)9-20(3,18)19/h6-8,10H,4-5,9,15H2,1-3H3. The van der Waals surface area contributed by atoms with Crippen LogP contribution in [-0.2, 0) is 16.3 Å².